The van der Waals surface area contributed by atoms with Crippen LogP contribution in [0.4, 0.5) is 0 Å². The van der Waals surface area contributed by atoms with Gasteiger partial charge in [0.05, 0.1) is 5.56 Å². The first-order valence-corrected chi connectivity index (χ1v) is 5.49. The minimum absolute atomic E-state index is 0.0327. The molecule has 1 heterocycles. The van der Waals surface area contributed by atoms with Crippen LogP contribution in [0, 0.1) is 0 Å². The van der Waals surface area contributed by atoms with Crippen molar-refractivity contribution in [3.63, 3.8) is 0 Å². The van der Waals surface area contributed by atoms with Gasteiger partial charge in [-0.05, 0) is 24.6 Å². The van der Waals surface area contributed by atoms with Crippen LogP contribution in [0.2, 0.25) is 5.02 Å². The molecule has 0 unspecified atom stereocenters. The summed E-state index contributed by atoms with van der Waals surface area (Å²) in [5.74, 6) is -0.261. The molecular formula is C11H13ClN2O2. The molecule has 1 aromatic carbocycles. The molecule has 1 aliphatic rings. The topological polar surface area (TPSA) is 66.6 Å². The molecule has 0 bridgehead atoms. The Hall–Kier alpha value is -1.26. The zero-order chi connectivity index (χ0) is 11.7. The van der Waals surface area contributed by atoms with Gasteiger partial charge in [-0.3, -0.25) is 4.79 Å². The molecule has 0 saturated carbocycles. The zero-order valence-electron chi connectivity index (χ0n) is 8.69. The number of amides is 1. The Morgan fingerprint density at radius 3 is 2.94 bits per heavy atom. The molecule has 86 valence electrons. The van der Waals surface area contributed by atoms with Crippen molar-refractivity contribution in [2.24, 2.45) is 5.73 Å². The van der Waals surface area contributed by atoms with Crippen LogP contribution >= 0.6 is 11.6 Å². The van der Waals surface area contributed by atoms with E-state index in [-0.39, 0.29) is 23.3 Å². The average molecular weight is 241 g/mol. The number of hydrogen-bond donors (Lipinski definition) is 2. The predicted molar refractivity (Wildman–Crippen MR) is 61.6 cm³/mol. The first-order chi connectivity index (χ1) is 7.58. The number of hydrogen-bond acceptors (Lipinski definition) is 3. The highest BCUT2D eigenvalue weighted by Crippen LogP contribution is 2.24. The van der Waals surface area contributed by atoms with E-state index in [2.05, 4.69) is 0 Å². The van der Waals surface area contributed by atoms with Gasteiger partial charge in [0.25, 0.3) is 5.91 Å². The van der Waals surface area contributed by atoms with Crippen molar-refractivity contribution >= 4 is 17.5 Å². The summed E-state index contributed by atoms with van der Waals surface area (Å²) in [5.41, 5.74) is 5.96. The summed E-state index contributed by atoms with van der Waals surface area (Å²) in [5, 5.41) is 10.0. The maximum absolute atomic E-state index is 12.0. The van der Waals surface area contributed by atoms with Crippen molar-refractivity contribution in [1.29, 1.82) is 0 Å². The molecule has 0 radical (unpaired) electrons. The molecule has 0 aliphatic carbocycles. The summed E-state index contributed by atoms with van der Waals surface area (Å²) in [4.78, 5) is 13.7. The number of likely N-dealkylation sites (tertiary alicyclic amines) is 1. The molecule has 1 amide bonds. The van der Waals surface area contributed by atoms with E-state index in [4.69, 9.17) is 17.3 Å². The van der Waals surface area contributed by atoms with Crippen LogP contribution in [-0.2, 0) is 0 Å². The number of nitrogens with zero attached hydrogens (tertiary/aromatic N) is 1. The number of halogens is 1. The molecule has 2 rings (SSSR count). The second kappa shape index (κ2) is 4.31. The lowest BCUT2D eigenvalue weighted by Gasteiger charge is -2.16. The predicted octanol–water partition coefficient (Wildman–Crippen LogP) is 1.22. The van der Waals surface area contributed by atoms with Crippen LogP contribution in [-0.4, -0.2) is 35.0 Å². The molecule has 1 saturated heterocycles. The van der Waals surface area contributed by atoms with Crippen LogP contribution in [0.1, 0.15) is 16.8 Å². The van der Waals surface area contributed by atoms with Crippen LogP contribution in [0.3, 0.4) is 0 Å². The lowest BCUT2D eigenvalue weighted by Crippen LogP contribution is -2.31. The molecule has 1 aromatic rings. The van der Waals surface area contributed by atoms with Crippen LogP contribution in [0.25, 0.3) is 0 Å². The Bertz CT molecular complexity index is 422. The number of rotatable bonds is 1. The summed E-state index contributed by atoms with van der Waals surface area (Å²) >= 11 is 5.79. The Labute approximate surface area is 98.6 Å². The van der Waals surface area contributed by atoms with Gasteiger partial charge in [0.2, 0.25) is 0 Å². The molecular weight excluding hydrogens is 228 g/mol. The standard InChI is InChI=1S/C11H13ClN2O2/c12-7-1-2-10(15)9(5-7)11(16)14-4-3-8(13)6-14/h1-2,5,8,15H,3-4,6,13H2/t8-/m1/s1. The summed E-state index contributed by atoms with van der Waals surface area (Å²) < 4.78 is 0. The van der Waals surface area contributed by atoms with Crippen molar-refractivity contribution in [2.45, 2.75) is 12.5 Å². The molecule has 0 spiro atoms. The van der Waals surface area contributed by atoms with Crippen molar-refractivity contribution in [2.75, 3.05) is 13.1 Å². The number of carbonyl (C=O) groups is 1. The number of phenolic OH excluding ortho intramolecular Hbond substituents is 1. The molecule has 1 atom stereocenters. The molecule has 3 N–H and O–H groups in total. The highest BCUT2D eigenvalue weighted by molar-refractivity contribution is 6.31. The third-order valence-electron chi connectivity index (χ3n) is 2.70. The average Bonchev–Trinajstić information content (AvgIpc) is 2.67. The van der Waals surface area contributed by atoms with Gasteiger partial charge in [-0.25, -0.2) is 0 Å². The zero-order valence-corrected chi connectivity index (χ0v) is 9.44. The number of nitrogens with two attached hydrogens (primary N) is 1. The molecule has 4 nitrogen and oxygen atoms in total. The number of carbonyl (C=O) groups excluding carboxylic acids is 1. The third-order valence-corrected chi connectivity index (χ3v) is 2.94. The van der Waals surface area contributed by atoms with Crippen molar-refractivity contribution in [3.05, 3.63) is 28.8 Å². The van der Waals surface area contributed by atoms with Crippen molar-refractivity contribution in [3.8, 4) is 5.75 Å². The van der Waals surface area contributed by atoms with E-state index in [1.54, 1.807) is 11.0 Å². The van der Waals surface area contributed by atoms with Gasteiger partial charge in [-0.2, -0.15) is 0 Å². The Kier molecular flexibility index (Phi) is 3.03. The van der Waals surface area contributed by atoms with E-state index < -0.39 is 0 Å². The number of benzene rings is 1. The fourth-order valence-electron chi connectivity index (χ4n) is 1.82. The molecule has 5 heteroatoms. The van der Waals surface area contributed by atoms with E-state index in [0.29, 0.717) is 18.1 Å². The SMILES string of the molecule is N[C@@H]1CCN(C(=O)c2cc(Cl)ccc2O)C1. The third kappa shape index (κ3) is 2.13. The Morgan fingerprint density at radius 1 is 1.56 bits per heavy atom. The summed E-state index contributed by atoms with van der Waals surface area (Å²) in [6, 6.07) is 4.48. The minimum atomic E-state index is -0.215. The van der Waals surface area contributed by atoms with E-state index in [1.807, 2.05) is 0 Å². The largest absolute Gasteiger partial charge is 0.507 e. The second-order valence-electron chi connectivity index (χ2n) is 3.96. The molecule has 1 aliphatic heterocycles. The molecule has 1 fully saturated rings. The molecule has 0 aromatic heterocycles. The van der Waals surface area contributed by atoms with Crippen molar-refractivity contribution in [1.82, 2.24) is 4.90 Å². The van der Waals surface area contributed by atoms with E-state index in [1.165, 1.54) is 12.1 Å². The monoisotopic (exact) mass is 240 g/mol. The lowest BCUT2D eigenvalue weighted by atomic mass is 10.2. The van der Waals surface area contributed by atoms with Gasteiger partial charge >= 0.3 is 0 Å². The fourth-order valence-corrected chi connectivity index (χ4v) is 1.99. The minimum Gasteiger partial charge on any atom is -0.507 e. The summed E-state index contributed by atoms with van der Waals surface area (Å²) in [6.45, 7) is 1.16. The lowest BCUT2D eigenvalue weighted by molar-refractivity contribution is 0.0788. The van der Waals surface area contributed by atoms with Gasteiger partial charge in [0, 0.05) is 24.2 Å². The number of phenols is 1. The van der Waals surface area contributed by atoms with E-state index in [9.17, 15) is 9.90 Å². The Balaban J connectivity index is 2.23. The van der Waals surface area contributed by atoms with Gasteiger partial charge < -0.3 is 15.7 Å². The van der Waals surface area contributed by atoms with Gasteiger partial charge in [0.15, 0.2) is 0 Å². The highest BCUT2D eigenvalue weighted by Gasteiger charge is 2.26. The smallest absolute Gasteiger partial charge is 0.257 e. The quantitative estimate of drug-likeness (QED) is 0.776. The van der Waals surface area contributed by atoms with Crippen LogP contribution in [0.15, 0.2) is 18.2 Å². The molecule has 16 heavy (non-hydrogen) atoms. The van der Waals surface area contributed by atoms with E-state index >= 15 is 0 Å². The number of aromatic hydroxyl groups is 1. The van der Waals surface area contributed by atoms with Crippen LogP contribution < -0.4 is 5.73 Å². The van der Waals surface area contributed by atoms with Crippen molar-refractivity contribution < 1.29 is 9.90 Å². The maximum Gasteiger partial charge on any atom is 0.257 e. The fraction of sp³-hybridized carbons (Fsp3) is 0.364. The van der Waals surface area contributed by atoms with Gasteiger partial charge in [-0.15, -0.1) is 0 Å². The normalized spacial score (nSPS) is 20.1. The second-order valence-corrected chi connectivity index (χ2v) is 4.40. The first kappa shape index (κ1) is 11.2. The first-order valence-electron chi connectivity index (χ1n) is 5.11. The van der Waals surface area contributed by atoms with Gasteiger partial charge in [-0.1, -0.05) is 11.6 Å². The summed E-state index contributed by atoms with van der Waals surface area (Å²) in [7, 11) is 0. The summed E-state index contributed by atoms with van der Waals surface area (Å²) in [6.07, 6.45) is 0.799. The highest BCUT2D eigenvalue weighted by atomic mass is 35.5. The van der Waals surface area contributed by atoms with Crippen LogP contribution in [0.5, 0.6) is 5.75 Å². The maximum atomic E-state index is 12.0. The Morgan fingerprint density at radius 2 is 2.31 bits per heavy atom. The van der Waals surface area contributed by atoms with Gasteiger partial charge in [0.1, 0.15) is 5.75 Å². The van der Waals surface area contributed by atoms with E-state index in [0.717, 1.165) is 6.42 Å².